The number of nitrogens with one attached hydrogen (secondary N) is 1. The Balaban J connectivity index is 2.12. The van der Waals surface area contributed by atoms with Gasteiger partial charge in [-0.25, -0.2) is 0 Å². The van der Waals surface area contributed by atoms with Crippen molar-refractivity contribution in [2.24, 2.45) is 0 Å². The van der Waals surface area contributed by atoms with Crippen LogP contribution in [0.15, 0.2) is 54.6 Å². The Kier molecular flexibility index (Phi) is 4.66. The van der Waals surface area contributed by atoms with Crippen molar-refractivity contribution in [3.8, 4) is 0 Å². The van der Waals surface area contributed by atoms with Gasteiger partial charge < -0.3 is 5.32 Å². The Morgan fingerprint density at radius 2 is 1.40 bits per heavy atom. The molecule has 0 saturated carbocycles. The van der Waals surface area contributed by atoms with E-state index >= 15 is 0 Å². The Labute approximate surface area is 118 Å². The lowest BCUT2D eigenvalue weighted by Gasteiger charge is -2.05. The number of amides is 1. The fourth-order valence-electron chi connectivity index (χ4n) is 1.87. The summed E-state index contributed by atoms with van der Waals surface area (Å²) in [4.78, 5) is 24.0. The molecule has 2 rings (SSSR count). The summed E-state index contributed by atoms with van der Waals surface area (Å²) >= 11 is 0. The Hall–Kier alpha value is -2.42. The number of rotatable bonds is 5. The molecule has 0 unspecified atom stereocenters. The molecule has 0 fully saturated rings. The van der Waals surface area contributed by atoms with Gasteiger partial charge in [0.1, 0.15) is 0 Å². The van der Waals surface area contributed by atoms with Crippen LogP contribution in [0.3, 0.4) is 0 Å². The zero-order valence-corrected chi connectivity index (χ0v) is 11.4. The van der Waals surface area contributed by atoms with Crippen molar-refractivity contribution >= 4 is 11.7 Å². The molecule has 3 heteroatoms. The molecule has 0 spiro atoms. The minimum atomic E-state index is -0.106. The first-order valence-corrected chi connectivity index (χ1v) is 6.70. The van der Waals surface area contributed by atoms with Crippen molar-refractivity contribution in [3.05, 3.63) is 71.3 Å². The lowest BCUT2D eigenvalue weighted by atomic mass is 10.0. The van der Waals surface area contributed by atoms with E-state index < -0.39 is 0 Å². The molecule has 2 aromatic carbocycles. The maximum Gasteiger partial charge on any atom is 0.251 e. The molecule has 0 saturated heterocycles. The number of ketones is 1. The van der Waals surface area contributed by atoms with Crippen LogP contribution in [0.25, 0.3) is 0 Å². The topological polar surface area (TPSA) is 46.2 Å². The van der Waals surface area contributed by atoms with Crippen molar-refractivity contribution in [3.63, 3.8) is 0 Å². The van der Waals surface area contributed by atoms with E-state index in [4.69, 9.17) is 0 Å². The van der Waals surface area contributed by atoms with Crippen molar-refractivity contribution in [1.82, 2.24) is 5.32 Å². The molecule has 0 heterocycles. The van der Waals surface area contributed by atoms with Crippen LogP contribution >= 0.6 is 0 Å². The molecule has 102 valence electrons. The first-order chi connectivity index (χ1) is 9.72. The second-order valence-electron chi connectivity index (χ2n) is 4.53. The summed E-state index contributed by atoms with van der Waals surface area (Å²) in [6, 6.07) is 15.8. The molecule has 0 bridgehead atoms. The van der Waals surface area contributed by atoms with Gasteiger partial charge in [-0.1, -0.05) is 49.4 Å². The summed E-state index contributed by atoms with van der Waals surface area (Å²) < 4.78 is 0. The van der Waals surface area contributed by atoms with Crippen molar-refractivity contribution in [1.29, 1.82) is 0 Å². The van der Waals surface area contributed by atoms with Crippen LogP contribution in [-0.2, 0) is 0 Å². The van der Waals surface area contributed by atoms with Gasteiger partial charge >= 0.3 is 0 Å². The van der Waals surface area contributed by atoms with E-state index in [2.05, 4.69) is 5.32 Å². The van der Waals surface area contributed by atoms with Gasteiger partial charge in [-0.15, -0.1) is 0 Å². The highest BCUT2D eigenvalue weighted by Gasteiger charge is 2.10. The minimum absolute atomic E-state index is 0.0360. The molecular formula is C17H17NO2. The second-order valence-corrected chi connectivity index (χ2v) is 4.53. The fraction of sp³-hybridized carbons (Fsp3) is 0.176. The number of hydrogen-bond donors (Lipinski definition) is 1. The van der Waals surface area contributed by atoms with Crippen LogP contribution < -0.4 is 5.32 Å². The summed E-state index contributed by atoms with van der Waals surface area (Å²) in [5, 5.41) is 2.81. The zero-order chi connectivity index (χ0) is 14.4. The lowest BCUT2D eigenvalue weighted by Crippen LogP contribution is -2.23. The minimum Gasteiger partial charge on any atom is -0.352 e. The SMILES string of the molecule is CCCNC(=O)c1ccc(C(=O)c2ccccc2)cc1. The second kappa shape index (κ2) is 6.66. The van der Waals surface area contributed by atoms with Crippen LogP contribution in [0.1, 0.15) is 39.6 Å². The van der Waals surface area contributed by atoms with Crippen molar-refractivity contribution < 1.29 is 9.59 Å². The van der Waals surface area contributed by atoms with Gasteiger partial charge in [0.2, 0.25) is 0 Å². The number of carbonyl (C=O) groups excluding carboxylic acids is 2. The van der Waals surface area contributed by atoms with Crippen LogP contribution in [0.5, 0.6) is 0 Å². The normalized spacial score (nSPS) is 10.1. The number of benzene rings is 2. The van der Waals surface area contributed by atoms with E-state index in [9.17, 15) is 9.59 Å². The van der Waals surface area contributed by atoms with Crippen LogP contribution in [0, 0.1) is 0 Å². The fourth-order valence-corrected chi connectivity index (χ4v) is 1.87. The highest BCUT2D eigenvalue weighted by Crippen LogP contribution is 2.11. The van der Waals surface area contributed by atoms with E-state index in [0.29, 0.717) is 23.2 Å². The van der Waals surface area contributed by atoms with Crippen molar-refractivity contribution in [2.45, 2.75) is 13.3 Å². The summed E-state index contributed by atoms with van der Waals surface area (Å²) in [5.74, 6) is -0.142. The third-order valence-corrected chi connectivity index (χ3v) is 2.98. The Morgan fingerprint density at radius 3 is 2.00 bits per heavy atom. The van der Waals surface area contributed by atoms with Gasteiger partial charge in [0.15, 0.2) is 5.78 Å². The summed E-state index contributed by atoms with van der Waals surface area (Å²) in [6.45, 7) is 2.66. The van der Waals surface area contributed by atoms with Gasteiger partial charge in [0.05, 0.1) is 0 Å². The molecule has 0 atom stereocenters. The number of hydrogen-bond acceptors (Lipinski definition) is 2. The van der Waals surface area contributed by atoms with E-state index in [1.807, 2.05) is 25.1 Å². The predicted octanol–water partition coefficient (Wildman–Crippen LogP) is 3.06. The maximum atomic E-state index is 12.2. The molecule has 0 radical (unpaired) electrons. The standard InChI is InChI=1S/C17H17NO2/c1-2-12-18-17(20)15-10-8-14(9-11-15)16(19)13-6-4-3-5-7-13/h3-11H,2,12H2,1H3,(H,18,20). The van der Waals surface area contributed by atoms with Gasteiger partial charge in [0, 0.05) is 23.2 Å². The zero-order valence-electron chi connectivity index (χ0n) is 11.4. The highest BCUT2D eigenvalue weighted by molar-refractivity contribution is 6.09. The van der Waals surface area contributed by atoms with Gasteiger partial charge in [-0.05, 0) is 18.6 Å². The number of carbonyl (C=O) groups is 2. The average Bonchev–Trinajstić information content (AvgIpc) is 2.53. The summed E-state index contributed by atoms with van der Waals surface area (Å²) in [6.07, 6.45) is 0.899. The van der Waals surface area contributed by atoms with Crippen LogP contribution in [-0.4, -0.2) is 18.2 Å². The molecule has 1 N–H and O–H groups in total. The average molecular weight is 267 g/mol. The molecular weight excluding hydrogens is 250 g/mol. The lowest BCUT2D eigenvalue weighted by molar-refractivity contribution is 0.0952. The summed E-state index contributed by atoms with van der Waals surface area (Å²) in [5.41, 5.74) is 1.81. The van der Waals surface area contributed by atoms with Gasteiger partial charge in [-0.2, -0.15) is 0 Å². The van der Waals surface area contributed by atoms with Crippen LogP contribution in [0.4, 0.5) is 0 Å². The van der Waals surface area contributed by atoms with Crippen molar-refractivity contribution in [2.75, 3.05) is 6.54 Å². The van der Waals surface area contributed by atoms with Gasteiger partial charge in [-0.3, -0.25) is 9.59 Å². The van der Waals surface area contributed by atoms with E-state index in [-0.39, 0.29) is 11.7 Å². The molecule has 0 aliphatic carbocycles. The van der Waals surface area contributed by atoms with Gasteiger partial charge in [0.25, 0.3) is 5.91 Å². The molecule has 3 nitrogen and oxygen atoms in total. The quantitative estimate of drug-likeness (QED) is 0.846. The van der Waals surface area contributed by atoms with E-state index in [0.717, 1.165) is 6.42 Å². The largest absolute Gasteiger partial charge is 0.352 e. The molecule has 0 aromatic heterocycles. The molecule has 0 aliphatic rings. The summed E-state index contributed by atoms with van der Waals surface area (Å²) in [7, 11) is 0. The monoisotopic (exact) mass is 267 g/mol. The molecule has 1 amide bonds. The van der Waals surface area contributed by atoms with Crippen LogP contribution in [0.2, 0.25) is 0 Å². The highest BCUT2D eigenvalue weighted by atomic mass is 16.1. The molecule has 2 aromatic rings. The Bertz CT molecular complexity index is 588. The first kappa shape index (κ1) is 14.0. The first-order valence-electron chi connectivity index (χ1n) is 6.70. The maximum absolute atomic E-state index is 12.2. The Morgan fingerprint density at radius 1 is 0.850 bits per heavy atom. The predicted molar refractivity (Wildman–Crippen MR) is 78.9 cm³/mol. The third kappa shape index (κ3) is 3.32. The molecule has 0 aliphatic heterocycles. The van der Waals surface area contributed by atoms with E-state index in [1.165, 1.54) is 0 Å². The molecule has 20 heavy (non-hydrogen) atoms. The smallest absolute Gasteiger partial charge is 0.251 e. The van der Waals surface area contributed by atoms with E-state index in [1.54, 1.807) is 36.4 Å². The third-order valence-electron chi connectivity index (χ3n) is 2.98.